The average Bonchev–Trinajstić information content (AvgIpc) is 3.25. The van der Waals surface area contributed by atoms with E-state index < -0.39 is 0 Å². The molecule has 0 bridgehead atoms. The summed E-state index contributed by atoms with van der Waals surface area (Å²) in [7, 11) is 0. The van der Waals surface area contributed by atoms with Gasteiger partial charge in [-0.05, 0) is 18.4 Å². The van der Waals surface area contributed by atoms with Crippen molar-refractivity contribution in [1.29, 1.82) is 0 Å². The van der Waals surface area contributed by atoms with Crippen LogP contribution in [0.4, 0.5) is 0 Å². The topological polar surface area (TPSA) is 6.48 Å². The SMILES string of the molecule is CCCCCCCCCCCCCCCCCN1C=CN(CCCCCC)C1Cc1ccccc1. The standard InChI is InChI=1S/C33H58N2/c1-3-5-7-9-10-11-12-13-14-15-16-17-18-19-24-28-35-30-29-34(27-23-8-6-4-2)33(35)31-32-25-21-20-22-26-32/h20-22,25-26,29-30,33H,3-19,23-24,27-28,31H2,1-2H3. The largest absolute Gasteiger partial charge is 0.356 e. The molecule has 0 spiro atoms. The highest BCUT2D eigenvalue weighted by molar-refractivity contribution is 5.17. The third-order valence-electron chi connectivity index (χ3n) is 7.77. The summed E-state index contributed by atoms with van der Waals surface area (Å²) >= 11 is 0. The highest BCUT2D eigenvalue weighted by Gasteiger charge is 2.25. The highest BCUT2D eigenvalue weighted by atomic mass is 15.4. The fourth-order valence-electron chi connectivity index (χ4n) is 5.45. The van der Waals surface area contributed by atoms with E-state index >= 15 is 0 Å². The smallest absolute Gasteiger partial charge is 0.105 e. The summed E-state index contributed by atoms with van der Waals surface area (Å²) in [5, 5.41) is 0. The zero-order chi connectivity index (χ0) is 24.8. The minimum Gasteiger partial charge on any atom is -0.356 e. The van der Waals surface area contributed by atoms with Crippen LogP contribution in [-0.4, -0.2) is 29.1 Å². The Bertz CT molecular complexity index is 611. The van der Waals surface area contributed by atoms with Gasteiger partial charge in [0.15, 0.2) is 0 Å². The quantitative estimate of drug-likeness (QED) is 0.143. The van der Waals surface area contributed by atoms with Crippen molar-refractivity contribution in [2.75, 3.05) is 13.1 Å². The molecule has 2 rings (SSSR count). The Morgan fingerprint density at radius 2 is 0.857 bits per heavy atom. The Balaban J connectivity index is 1.53. The van der Waals surface area contributed by atoms with Crippen LogP contribution in [0.3, 0.4) is 0 Å². The normalized spacial score (nSPS) is 15.4. The Morgan fingerprint density at radius 1 is 0.486 bits per heavy atom. The van der Waals surface area contributed by atoms with Crippen molar-refractivity contribution in [3.8, 4) is 0 Å². The van der Waals surface area contributed by atoms with Crippen molar-refractivity contribution in [3.05, 3.63) is 48.3 Å². The first-order valence-electron chi connectivity index (χ1n) is 15.6. The van der Waals surface area contributed by atoms with Gasteiger partial charge in [0.1, 0.15) is 6.17 Å². The van der Waals surface area contributed by atoms with Crippen LogP contribution in [0.2, 0.25) is 0 Å². The zero-order valence-corrected chi connectivity index (χ0v) is 23.6. The van der Waals surface area contributed by atoms with Gasteiger partial charge in [-0.25, -0.2) is 0 Å². The third-order valence-corrected chi connectivity index (χ3v) is 7.77. The lowest BCUT2D eigenvalue weighted by atomic mass is 10.0. The van der Waals surface area contributed by atoms with Crippen LogP contribution in [-0.2, 0) is 6.42 Å². The van der Waals surface area contributed by atoms with Gasteiger partial charge in [0.25, 0.3) is 0 Å². The molecule has 0 aliphatic carbocycles. The molecule has 1 aromatic rings. The van der Waals surface area contributed by atoms with Gasteiger partial charge in [-0.2, -0.15) is 0 Å². The number of rotatable bonds is 23. The number of hydrogen-bond donors (Lipinski definition) is 0. The van der Waals surface area contributed by atoms with Crippen LogP contribution in [0.1, 0.15) is 141 Å². The van der Waals surface area contributed by atoms with E-state index in [0.717, 1.165) is 6.42 Å². The Labute approximate surface area is 219 Å². The van der Waals surface area contributed by atoms with Crippen molar-refractivity contribution in [2.24, 2.45) is 0 Å². The fourth-order valence-corrected chi connectivity index (χ4v) is 5.45. The summed E-state index contributed by atoms with van der Waals surface area (Å²) in [5.74, 6) is 0. The summed E-state index contributed by atoms with van der Waals surface area (Å²) in [4.78, 5) is 5.23. The Kier molecular flexibility index (Phi) is 17.6. The van der Waals surface area contributed by atoms with Crippen LogP contribution in [0, 0.1) is 0 Å². The van der Waals surface area contributed by atoms with Gasteiger partial charge in [-0.15, -0.1) is 0 Å². The van der Waals surface area contributed by atoms with E-state index in [1.165, 1.54) is 141 Å². The van der Waals surface area contributed by atoms with E-state index in [0.29, 0.717) is 6.17 Å². The number of nitrogens with zero attached hydrogens (tertiary/aromatic N) is 2. The molecule has 1 aliphatic heterocycles. The lowest BCUT2D eigenvalue weighted by molar-refractivity contribution is 0.148. The summed E-state index contributed by atoms with van der Waals surface area (Å²) in [5.41, 5.74) is 1.46. The molecule has 35 heavy (non-hydrogen) atoms. The molecule has 0 radical (unpaired) electrons. The van der Waals surface area contributed by atoms with Gasteiger partial charge < -0.3 is 9.80 Å². The van der Waals surface area contributed by atoms with Gasteiger partial charge in [0.05, 0.1) is 0 Å². The Hall–Kier alpha value is -1.44. The monoisotopic (exact) mass is 482 g/mol. The number of benzene rings is 1. The van der Waals surface area contributed by atoms with Crippen LogP contribution < -0.4 is 0 Å². The molecule has 0 amide bonds. The van der Waals surface area contributed by atoms with E-state index in [2.05, 4.69) is 66.4 Å². The molecule has 1 aromatic carbocycles. The van der Waals surface area contributed by atoms with E-state index in [1.54, 1.807) is 0 Å². The maximum Gasteiger partial charge on any atom is 0.105 e. The molecule has 0 aromatic heterocycles. The van der Waals surface area contributed by atoms with E-state index in [4.69, 9.17) is 0 Å². The summed E-state index contributed by atoms with van der Waals surface area (Å²) in [6, 6.07) is 11.1. The average molecular weight is 483 g/mol. The minimum atomic E-state index is 0.505. The lowest BCUT2D eigenvalue weighted by Gasteiger charge is -2.33. The minimum absolute atomic E-state index is 0.505. The molecule has 200 valence electrons. The van der Waals surface area contributed by atoms with Gasteiger partial charge in [0, 0.05) is 31.9 Å². The highest BCUT2D eigenvalue weighted by Crippen LogP contribution is 2.22. The molecule has 2 nitrogen and oxygen atoms in total. The second-order valence-electron chi connectivity index (χ2n) is 11.0. The predicted molar refractivity (Wildman–Crippen MR) is 156 cm³/mol. The second kappa shape index (κ2) is 20.7. The van der Waals surface area contributed by atoms with Crippen molar-refractivity contribution in [1.82, 2.24) is 9.80 Å². The van der Waals surface area contributed by atoms with Crippen LogP contribution in [0.15, 0.2) is 42.7 Å². The molecule has 2 heteroatoms. The molecule has 1 unspecified atom stereocenters. The van der Waals surface area contributed by atoms with Gasteiger partial charge >= 0.3 is 0 Å². The first kappa shape index (κ1) is 29.8. The Morgan fingerprint density at radius 3 is 1.29 bits per heavy atom. The second-order valence-corrected chi connectivity index (χ2v) is 11.0. The van der Waals surface area contributed by atoms with E-state index in [-0.39, 0.29) is 0 Å². The van der Waals surface area contributed by atoms with E-state index in [1.807, 2.05) is 0 Å². The molecular formula is C33H58N2. The zero-order valence-electron chi connectivity index (χ0n) is 23.6. The summed E-state index contributed by atoms with van der Waals surface area (Å²) < 4.78 is 0. The van der Waals surface area contributed by atoms with Crippen LogP contribution in [0.25, 0.3) is 0 Å². The first-order valence-corrected chi connectivity index (χ1v) is 15.6. The predicted octanol–water partition coefficient (Wildman–Crippen LogP) is 10.1. The maximum absolute atomic E-state index is 2.62. The van der Waals surface area contributed by atoms with Crippen molar-refractivity contribution in [3.63, 3.8) is 0 Å². The van der Waals surface area contributed by atoms with E-state index in [9.17, 15) is 0 Å². The number of hydrogen-bond acceptors (Lipinski definition) is 2. The first-order chi connectivity index (χ1) is 17.3. The van der Waals surface area contributed by atoms with Gasteiger partial charge in [-0.3, -0.25) is 0 Å². The summed E-state index contributed by atoms with van der Waals surface area (Å²) in [6.07, 6.45) is 33.2. The lowest BCUT2D eigenvalue weighted by Crippen LogP contribution is -2.41. The van der Waals surface area contributed by atoms with Crippen LogP contribution >= 0.6 is 0 Å². The molecular weight excluding hydrogens is 424 g/mol. The summed E-state index contributed by atoms with van der Waals surface area (Å²) in [6.45, 7) is 7.00. The molecule has 1 aliphatic rings. The molecule has 0 saturated carbocycles. The molecule has 0 saturated heterocycles. The van der Waals surface area contributed by atoms with Gasteiger partial charge in [-0.1, -0.05) is 153 Å². The molecule has 1 atom stereocenters. The van der Waals surface area contributed by atoms with Crippen LogP contribution in [0.5, 0.6) is 0 Å². The number of unbranched alkanes of at least 4 members (excludes halogenated alkanes) is 17. The fraction of sp³-hybridized carbons (Fsp3) is 0.758. The molecule has 0 fully saturated rings. The maximum atomic E-state index is 2.62. The van der Waals surface area contributed by atoms with Crippen molar-refractivity contribution < 1.29 is 0 Å². The van der Waals surface area contributed by atoms with Crippen molar-refractivity contribution in [2.45, 2.75) is 148 Å². The van der Waals surface area contributed by atoms with Gasteiger partial charge in [0.2, 0.25) is 0 Å². The molecule has 1 heterocycles. The van der Waals surface area contributed by atoms with Crippen molar-refractivity contribution >= 4 is 0 Å². The molecule has 0 N–H and O–H groups in total. The third kappa shape index (κ3) is 14.0.